The first kappa shape index (κ1) is 21.8. The van der Waals surface area contributed by atoms with E-state index in [1.165, 1.54) is 9.13 Å². The summed E-state index contributed by atoms with van der Waals surface area (Å²) in [6.07, 6.45) is -1.22. The van der Waals surface area contributed by atoms with Gasteiger partial charge in [-0.1, -0.05) is 78.9 Å². The van der Waals surface area contributed by atoms with Crippen LogP contribution in [0.15, 0.2) is 115 Å². The average molecular weight is 498 g/mol. The van der Waals surface area contributed by atoms with Gasteiger partial charge in [0.05, 0.1) is 22.1 Å². The molecule has 0 N–H and O–H groups in total. The van der Waals surface area contributed by atoms with Gasteiger partial charge in [0.15, 0.2) is 0 Å². The summed E-state index contributed by atoms with van der Waals surface area (Å²) in [5.74, 6) is 0.0359. The van der Waals surface area contributed by atoms with Crippen LogP contribution >= 0.6 is 0 Å². The van der Waals surface area contributed by atoms with Crippen LogP contribution in [-0.2, 0) is 0 Å². The highest BCUT2D eigenvalue weighted by atomic mass is 16.6. The highest BCUT2D eigenvalue weighted by Crippen LogP contribution is 2.30. The Hall–Kier alpha value is -5.43. The number of nitrogens with zero attached hydrogens (tertiary/aromatic N) is 3. The largest absolute Gasteiger partial charge is 0.425 e. The summed E-state index contributed by atoms with van der Waals surface area (Å²) in [5, 5.41) is 3.78. The van der Waals surface area contributed by atoms with Crippen molar-refractivity contribution in [2.45, 2.75) is 0 Å². The number of benzene rings is 4. The maximum absolute atomic E-state index is 13.3. The number of hydrogen-bond donors (Lipinski definition) is 0. The summed E-state index contributed by atoms with van der Waals surface area (Å²) < 4.78 is 14.3. The van der Waals surface area contributed by atoms with Crippen LogP contribution in [0.2, 0.25) is 0 Å². The molecule has 0 aliphatic carbocycles. The van der Waals surface area contributed by atoms with E-state index >= 15 is 0 Å². The van der Waals surface area contributed by atoms with Crippen molar-refractivity contribution in [1.29, 1.82) is 0 Å². The average Bonchev–Trinajstić information content (AvgIpc) is 3.46. The lowest BCUT2D eigenvalue weighted by atomic mass is 10.2. The summed E-state index contributed by atoms with van der Waals surface area (Å²) in [5.41, 5.74) is 2.92. The van der Waals surface area contributed by atoms with Gasteiger partial charge < -0.3 is 9.47 Å². The van der Waals surface area contributed by atoms with Crippen molar-refractivity contribution in [3.63, 3.8) is 0 Å². The van der Waals surface area contributed by atoms with E-state index in [9.17, 15) is 9.59 Å². The van der Waals surface area contributed by atoms with Crippen molar-refractivity contribution in [2.75, 3.05) is 0 Å². The van der Waals surface area contributed by atoms with Crippen LogP contribution in [0.1, 0.15) is 0 Å². The van der Waals surface area contributed by atoms with Gasteiger partial charge in [0.25, 0.3) is 0 Å². The summed E-state index contributed by atoms with van der Waals surface area (Å²) in [4.78, 5) is 30.9. The number of aromatic nitrogens is 3. The zero-order valence-electron chi connectivity index (χ0n) is 19.9. The number of carbonyl (C=O) groups is 2. The van der Waals surface area contributed by atoms with Crippen LogP contribution in [0.3, 0.4) is 0 Å². The first-order valence-corrected chi connectivity index (χ1v) is 12.1. The van der Waals surface area contributed by atoms with Gasteiger partial charge >= 0.3 is 12.2 Å². The van der Waals surface area contributed by atoms with Gasteiger partial charge in [-0.05, 0) is 24.3 Å². The van der Waals surface area contributed by atoms with Crippen molar-refractivity contribution < 1.29 is 19.1 Å². The lowest BCUT2D eigenvalue weighted by Gasteiger charge is -2.09. The zero-order chi connectivity index (χ0) is 25.6. The summed E-state index contributed by atoms with van der Waals surface area (Å²) in [7, 11) is 0. The molecule has 0 aliphatic rings. The summed E-state index contributed by atoms with van der Waals surface area (Å²) in [6.45, 7) is 0. The van der Waals surface area contributed by atoms with Crippen molar-refractivity contribution in [3.8, 4) is 11.8 Å². The third-order valence-corrected chi connectivity index (χ3v) is 6.61. The number of rotatable bonds is 2. The van der Waals surface area contributed by atoms with E-state index < -0.39 is 12.2 Å². The first-order chi connectivity index (χ1) is 18.7. The van der Waals surface area contributed by atoms with Gasteiger partial charge in [0.2, 0.25) is 11.8 Å². The van der Waals surface area contributed by atoms with Crippen molar-refractivity contribution >= 4 is 55.8 Å². The van der Waals surface area contributed by atoms with Crippen molar-refractivity contribution in [1.82, 2.24) is 14.1 Å². The van der Waals surface area contributed by atoms with Crippen LogP contribution in [-0.4, -0.2) is 26.3 Å². The monoisotopic (exact) mass is 497 g/mol. The van der Waals surface area contributed by atoms with Crippen LogP contribution in [0.4, 0.5) is 9.59 Å². The zero-order valence-corrected chi connectivity index (χ0v) is 19.9. The van der Waals surface area contributed by atoms with E-state index in [1.807, 2.05) is 97.1 Å². The third kappa shape index (κ3) is 3.41. The molecule has 0 amide bonds. The third-order valence-electron chi connectivity index (χ3n) is 6.61. The normalized spacial score (nSPS) is 11.4. The van der Waals surface area contributed by atoms with E-state index in [0.29, 0.717) is 0 Å². The SMILES string of the molecule is O=C(Oc1cccc(OC(=O)n2c3ccccc3c3ccccc32)n1)n1c2ccccc2c2ccccc21. The highest BCUT2D eigenvalue weighted by molar-refractivity contribution is 6.13. The van der Waals surface area contributed by atoms with Gasteiger partial charge in [-0.25, -0.2) is 18.7 Å². The Morgan fingerprint density at radius 3 is 1.11 bits per heavy atom. The fraction of sp³-hybridized carbons (Fsp3) is 0. The standard InChI is InChI=1S/C31H19N3O4/c35-30(33-24-14-5-1-10-20(24)21-11-2-6-15-25(21)33)37-28-18-9-19-29(32-28)38-31(36)34-26-16-7-3-12-22(26)23-13-4-8-17-27(23)34/h1-19H. The Balaban J connectivity index is 1.21. The molecular weight excluding hydrogens is 478 g/mol. The number of hydrogen-bond acceptors (Lipinski definition) is 5. The van der Waals surface area contributed by atoms with Gasteiger partial charge in [0, 0.05) is 33.7 Å². The molecule has 3 heterocycles. The van der Waals surface area contributed by atoms with Gasteiger partial charge in [0.1, 0.15) is 0 Å². The molecule has 0 unspecified atom stereocenters. The molecule has 3 aromatic heterocycles. The number of carbonyl (C=O) groups excluding carboxylic acids is 2. The molecule has 0 spiro atoms. The Kier molecular flexibility index (Phi) is 4.94. The second-order valence-corrected chi connectivity index (χ2v) is 8.79. The fourth-order valence-electron chi connectivity index (χ4n) is 5.02. The van der Waals surface area contributed by atoms with E-state index in [2.05, 4.69) is 4.98 Å². The van der Waals surface area contributed by atoms with Crippen molar-refractivity contribution in [2.24, 2.45) is 0 Å². The number of pyridine rings is 1. The summed E-state index contributed by atoms with van der Waals surface area (Å²) in [6, 6.07) is 35.3. The molecule has 7 aromatic rings. The topological polar surface area (TPSA) is 75.3 Å². The van der Waals surface area contributed by atoms with E-state index in [4.69, 9.17) is 9.47 Å². The minimum absolute atomic E-state index is 0.0179. The summed E-state index contributed by atoms with van der Waals surface area (Å²) >= 11 is 0. The molecule has 7 rings (SSSR count). The molecule has 0 bridgehead atoms. The maximum atomic E-state index is 13.3. The molecule has 0 atom stereocenters. The molecule has 7 heteroatoms. The Morgan fingerprint density at radius 1 is 0.447 bits per heavy atom. The van der Waals surface area contributed by atoms with Crippen LogP contribution in [0.5, 0.6) is 11.8 Å². The maximum Gasteiger partial charge on any atom is 0.425 e. The molecule has 4 aromatic carbocycles. The second kappa shape index (κ2) is 8.60. The molecule has 0 aliphatic heterocycles. The fourth-order valence-corrected chi connectivity index (χ4v) is 5.02. The predicted molar refractivity (Wildman–Crippen MR) is 146 cm³/mol. The molecule has 7 nitrogen and oxygen atoms in total. The highest BCUT2D eigenvalue weighted by Gasteiger charge is 2.20. The van der Waals surface area contributed by atoms with Gasteiger partial charge in [-0.15, -0.1) is 0 Å². The first-order valence-electron chi connectivity index (χ1n) is 12.1. The molecular formula is C31H19N3O4. The lowest BCUT2D eigenvalue weighted by Crippen LogP contribution is -2.19. The van der Waals surface area contributed by atoms with Gasteiger partial charge in [-0.2, -0.15) is 4.98 Å². The van der Waals surface area contributed by atoms with E-state index in [-0.39, 0.29) is 11.8 Å². The molecule has 182 valence electrons. The molecule has 38 heavy (non-hydrogen) atoms. The Labute approximate surface area is 216 Å². The number of fused-ring (bicyclic) bond motifs is 6. The van der Waals surface area contributed by atoms with E-state index in [0.717, 1.165) is 43.6 Å². The Morgan fingerprint density at radius 2 is 0.763 bits per heavy atom. The van der Waals surface area contributed by atoms with E-state index in [1.54, 1.807) is 18.2 Å². The van der Waals surface area contributed by atoms with Crippen molar-refractivity contribution in [3.05, 3.63) is 115 Å². The Bertz CT molecular complexity index is 1790. The quantitative estimate of drug-likeness (QED) is 0.249. The minimum atomic E-state index is -0.610. The van der Waals surface area contributed by atoms with Crippen LogP contribution in [0, 0.1) is 0 Å². The predicted octanol–water partition coefficient (Wildman–Crippen LogP) is 7.39. The number of ether oxygens (including phenoxy) is 2. The van der Waals surface area contributed by atoms with Crippen LogP contribution in [0.25, 0.3) is 43.6 Å². The molecule has 0 radical (unpaired) electrons. The van der Waals surface area contributed by atoms with Gasteiger partial charge in [-0.3, -0.25) is 0 Å². The number of para-hydroxylation sites is 4. The molecule has 0 saturated heterocycles. The molecule has 0 saturated carbocycles. The molecule has 0 fully saturated rings. The smallest absolute Gasteiger partial charge is 0.390 e. The lowest BCUT2D eigenvalue weighted by molar-refractivity contribution is 0.199. The second-order valence-electron chi connectivity index (χ2n) is 8.79. The minimum Gasteiger partial charge on any atom is -0.390 e. The van der Waals surface area contributed by atoms with Crippen LogP contribution < -0.4 is 9.47 Å².